The fourth-order valence-corrected chi connectivity index (χ4v) is 2.67. The highest BCUT2D eigenvalue weighted by atomic mass is 127. The average Bonchev–Trinajstić information content (AvgIpc) is 2.53. The van der Waals surface area contributed by atoms with E-state index in [9.17, 15) is 0 Å². The molecule has 0 amide bonds. The average molecular weight is 396 g/mol. The van der Waals surface area contributed by atoms with Gasteiger partial charge in [-0.15, -0.1) is 0 Å². The largest absolute Gasteiger partial charge is 0.481 e. The highest BCUT2D eigenvalue weighted by molar-refractivity contribution is 14.1. The predicted octanol–water partition coefficient (Wildman–Crippen LogP) is 3.98. The van der Waals surface area contributed by atoms with Crippen molar-refractivity contribution in [2.75, 3.05) is 13.7 Å². The molecule has 0 spiro atoms. The van der Waals surface area contributed by atoms with Crippen LogP contribution in [0, 0.1) is 3.57 Å². The molecule has 0 aliphatic carbocycles. The Morgan fingerprint density at radius 2 is 2.00 bits per heavy atom. The van der Waals surface area contributed by atoms with Crippen molar-refractivity contribution >= 4 is 22.6 Å². The van der Waals surface area contributed by atoms with Crippen LogP contribution in [-0.4, -0.2) is 18.6 Å². The number of halogens is 1. The number of hydrogen-bond acceptors (Lipinski definition) is 3. The molecule has 0 aliphatic rings. The van der Waals surface area contributed by atoms with E-state index in [0.29, 0.717) is 5.88 Å². The van der Waals surface area contributed by atoms with Gasteiger partial charge in [-0.25, -0.2) is 4.98 Å². The normalized spacial score (nSPS) is 12.1. The van der Waals surface area contributed by atoms with E-state index in [0.717, 1.165) is 24.9 Å². The molecule has 0 bridgehead atoms. The third-order valence-electron chi connectivity index (χ3n) is 3.36. The summed E-state index contributed by atoms with van der Waals surface area (Å²) in [6, 6.07) is 12.9. The van der Waals surface area contributed by atoms with Crippen LogP contribution >= 0.6 is 22.6 Å². The SMILES string of the molecule is CCCNC(Cc1ccc(I)cc1)c1cccnc1OC. The molecule has 0 aliphatic heterocycles. The van der Waals surface area contributed by atoms with Crippen molar-refractivity contribution in [3.8, 4) is 5.88 Å². The van der Waals surface area contributed by atoms with Crippen LogP contribution in [0.3, 0.4) is 0 Å². The summed E-state index contributed by atoms with van der Waals surface area (Å²) in [5, 5.41) is 3.60. The molecule has 1 aromatic heterocycles. The van der Waals surface area contributed by atoms with E-state index in [1.165, 1.54) is 9.13 Å². The van der Waals surface area contributed by atoms with Crippen molar-refractivity contribution in [3.05, 3.63) is 57.3 Å². The minimum absolute atomic E-state index is 0.216. The number of methoxy groups -OCH3 is 1. The topological polar surface area (TPSA) is 34.2 Å². The van der Waals surface area contributed by atoms with Crippen molar-refractivity contribution in [2.24, 2.45) is 0 Å². The maximum absolute atomic E-state index is 5.41. The number of pyridine rings is 1. The Bertz CT molecular complexity index is 557. The first-order valence-corrected chi connectivity index (χ1v) is 8.29. The molecule has 0 saturated carbocycles. The minimum Gasteiger partial charge on any atom is -0.481 e. The van der Waals surface area contributed by atoms with Gasteiger partial charge in [0.05, 0.1) is 7.11 Å². The van der Waals surface area contributed by atoms with Crippen molar-refractivity contribution < 1.29 is 4.74 Å². The molecule has 2 aromatic rings. The fourth-order valence-electron chi connectivity index (χ4n) is 2.31. The van der Waals surface area contributed by atoms with Crippen LogP contribution < -0.4 is 10.1 Å². The van der Waals surface area contributed by atoms with Crippen LogP contribution in [0.2, 0.25) is 0 Å². The van der Waals surface area contributed by atoms with Crippen LogP contribution in [0.5, 0.6) is 5.88 Å². The zero-order valence-electron chi connectivity index (χ0n) is 12.5. The Kier molecular flexibility index (Phi) is 6.45. The summed E-state index contributed by atoms with van der Waals surface area (Å²) in [5.41, 5.74) is 2.43. The van der Waals surface area contributed by atoms with Gasteiger partial charge in [0.25, 0.3) is 0 Å². The first kappa shape index (κ1) is 16.2. The summed E-state index contributed by atoms with van der Waals surface area (Å²) in [7, 11) is 1.67. The van der Waals surface area contributed by atoms with Crippen LogP contribution in [0.15, 0.2) is 42.6 Å². The quantitative estimate of drug-likeness (QED) is 0.719. The molecule has 2 rings (SSSR count). The second-order valence-electron chi connectivity index (χ2n) is 4.94. The highest BCUT2D eigenvalue weighted by Gasteiger charge is 2.16. The Morgan fingerprint density at radius 3 is 2.67 bits per heavy atom. The lowest BCUT2D eigenvalue weighted by Gasteiger charge is -2.20. The molecule has 1 unspecified atom stereocenters. The summed E-state index contributed by atoms with van der Waals surface area (Å²) in [4.78, 5) is 4.32. The summed E-state index contributed by atoms with van der Waals surface area (Å²) in [5.74, 6) is 0.705. The number of nitrogens with zero attached hydrogens (tertiary/aromatic N) is 1. The number of ether oxygens (including phenoxy) is 1. The molecular weight excluding hydrogens is 375 g/mol. The van der Waals surface area contributed by atoms with Gasteiger partial charge in [0.1, 0.15) is 0 Å². The lowest BCUT2D eigenvalue weighted by Crippen LogP contribution is -2.24. The van der Waals surface area contributed by atoms with Gasteiger partial charge in [-0.3, -0.25) is 0 Å². The second-order valence-corrected chi connectivity index (χ2v) is 6.18. The smallest absolute Gasteiger partial charge is 0.217 e. The summed E-state index contributed by atoms with van der Waals surface area (Å²) in [6.45, 7) is 3.16. The number of nitrogens with one attached hydrogen (secondary N) is 1. The van der Waals surface area contributed by atoms with E-state index >= 15 is 0 Å². The van der Waals surface area contributed by atoms with Crippen molar-refractivity contribution in [2.45, 2.75) is 25.8 Å². The Hall–Kier alpha value is -1.14. The molecule has 4 heteroatoms. The lowest BCUT2D eigenvalue weighted by atomic mass is 9.99. The van der Waals surface area contributed by atoms with Crippen LogP contribution in [0.1, 0.15) is 30.5 Å². The van der Waals surface area contributed by atoms with Gasteiger partial charge in [-0.2, -0.15) is 0 Å². The molecule has 1 atom stereocenters. The van der Waals surface area contributed by atoms with E-state index in [-0.39, 0.29) is 6.04 Å². The number of aromatic nitrogens is 1. The zero-order chi connectivity index (χ0) is 15.1. The maximum Gasteiger partial charge on any atom is 0.217 e. The van der Waals surface area contributed by atoms with Gasteiger partial charge >= 0.3 is 0 Å². The van der Waals surface area contributed by atoms with E-state index in [1.54, 1.807) is 13.3 Å². The highest BCUT2D eigenvalue weighted by Crippen LogP contribution is 2.25. The lowest BCUT2D eigenvalue weighted by molar-refractivity contribution is 0.381. The minimum atomic E-state index is 0.216. The standard InChI is InChI=1S/C17H21IN2O/c1-3-10-19-16(12-13-6-8-14(18)9-7-13)15-5-4-11-20-17(15)21-2/h4-9,11,16,19H,3,10,12H2,1-2H3. The van der Waals surface area contributed by atoms with Crippen molar-refractivity contribution in [1.29, 1.82) is 0 Å². The monoisotopic (exact) mass is 396 g/mol. The first-order valence-electron chi connectivity index (χ1n) is 7.21. The Balaban J connectivity index is 2.23. The van der Waals surface area contributed by atoms with Gasteiger partial charge in [-0.05, 0) is 65.7 Å². The third kappa shape index (κ3) is 4.68. The molecule has 3 nitrogen and oxygen atoms in total. The predicted molar refractivity (Wildman–Crippen MR) is 94.7 cm³/mol. The number of hydrogen-bond donors (Lipinski definition) is 1. The van der Waals surface area contributed by atoms with E-state index in [2.05, 4.69) is 70.1 Å². The van der Waals surface area contributed by atoms with Crippen molar-refractivity contribution in [3.63, 3.8) is 0 Å². The second kappa shape index (κ2) is 8.34. The van der Waals surface area contributed by atoms with E-state index in [4.69, 9.17) is 4.74 Å². The molecular formula is C17H21IN2O. The summed E-state index contributed by atoms with van der Waals surface area (Å²) in [6.07, 6.45) is 3.80. The fraction of sp³-hybridized carbons (Fsp3) is 0.353. The molecule has 0 fully saturated rings. The molecule has 1 heterocycles. The third-order valence-corrected chi connectivity index (χ3v) is 4.08. The van der Waals surface area contributed by atoms with Crippen molar-refractivity contribution in [1.82, 2.24) is 10.3 Å². The van der Waals surface area contributed by atoms with Gasteiger partial charge < -0.3 is 10.1 Å². The first-order chi connectivity index (χ1) is 10.2. The molecule has 21 heavy (non-hydrogen) atoms. The Morgan fingerprint density at radius 1 is 1.24 bits per heavy atom. The number of rotatable bonds is 7. The van der Waals surface area contributed by atoms with Gasteiger partial charge in [0.2, 0.25) is 5.88 Å². The van der Waals surface area contributed by atoms with Gasteiger partial charge in [0, 0.05) is 21.4 Å². The van der Waals surface area contributed by atoms with E-state index in [1.807, 2.05) is 6.07 Å². The van der Waals surface area contributed by atoms with Crippen LogP contribution in [0.4, 0.5) is 0 Å². The summed E-state index contributed by atoms with van der Waals surface area (Å²) >= 11 is 2.33. The van der Waals surface area contributed by atoms with Crippen LogP contribution in [0.25, 0.3) is 0 Å². The number of benzene rings is 1. The Labute approximate surface area is 140 Å². The van der Waals surface area contributed by atoms with E-state index < -0.39 is 0 Å². The zero-order valence-corrected chi connectivity index (χ0v) is 14.6. The summed E-state index contributed by atoms with van der Waals surface area (Å²) < 4.78 is 6.67. The van der Waals surface area contributed by atoms with Gasteiger partial charge in [0.15, 0.2) is 0 Å². The molecule has 1 aromatic carbocycles. The molecule has 112 valence electrons. The van der Waals surface area contributed by atoms with Crippen LogP contribution in [-0.2, 0) is 6.42 Å². The molecule has 0 radical (unpaired) electrons. The van der Waals surface area contributed by atoms with Gasteiger partial charge in [-0.1, -0.05) is 25.1 Å². The molecule has 1 N–H and O–H groups in total. The maximum atomic E-state index is 5.41. The molecule has 0 saturated heterocycles.